The molecular weight excluding hydrogens is 403 g/mol. The van der Waals surface area contributed by atoms with Crippen molar-refractivity contribution in [3.63, 3.8) is 0 Å². The van der Waals surface area contributed by atoms with E-state index in [4.69, 9.17) is 29.1 Å². The van der Waals surface area contributed by atoms with Crippen LogP contribution in [-0.2, 0) is 29.8 Å². The van der Waals surface area contributed by atoms with Crippen molar-refractivity contribution in [3.8, 4) is 5.75 Å². The van der Waals surface area contributed by atoms with E-state index in [1.54, 1.807) is 26.0 Å². The van der Waals surface area contributed by atoms with Gasteiger partial charge in [-0.15, -0.1) is 0 Å². The van der Waals surface area contributed by atoms with Crippen LogP contribution in [0.3, 0.4) is 0 Å². The summed E-state index contributed by atoms with van der Waals surface area (Å²) in [5.41, 5.74) is 6.01. The fourth-order valence-electron chi connectivity index (χ4n) is 2.26. The molecule has 4 N–H and O–H groups in total. The van der Waals surface area contributed by atoms with Gasteiger partial charge in [0.05, 0.1) is 13.2 Å². The summed E-state index contributed by atoms with van der Waals surface area (Å²) in [4.78, 5) is 23.0. The molecule has 0 aromatic heterocycles. The van der Waals surface area contributed by atoms with Crippen LogP contribution in [0, 0.1) is 0 Å². The zero-order valence-electron chi connectivity index (χ0n) is 16.7. The molecule has 1 rings (SSSR count). The molecule has 29 heavy (non-hydrogen) atoms. The molecule has 1 amide bonds. The minimum Gasteiger partial charge on any atom is -0.480 e. The maximum Gasteiger partial charge on any atom is 0.530 e. The third-order valence-corrected chi connectivity index (χ3v) is 5.21. The molecule has 0 unspecified atom stereocenters. The molecule has 0 saturated carbocycles. The molecule has 0 aliphatic carbocycles. The predicted molar refractivity (Wildman–Crippen MR) is 106 cm³/mol. The molecule has 0 aliphatic heterocycles. The number of carboxylic acid groups (broad SMARTS) is 1. The summed E-state index contributed by atoms with van der Waals surface area (Å²) in [5.74, 6) is -0.859. The number of benzene rings is 1. The van der Waals surface area contributed by atoms with Crippen LogP contribution in [0.15, 0.2) is 24.3 Å². The highest BCUT2D eigenvalue weighted by molar-refractivity contribution is 7.48. The third-order valence-electron chi connectivity index (χ3n) is 3.62. The molecule has 0 heterocycles. The van der Waals surface area contributed by atoms with Crippen molar-refractivity contribution in [1.29, 1.82) is 0 Å². The number of carbonyl (C=O) groups excluding carboxylic acids is 1. The first kappa shape index (κ1) is 24.9. The number of amides is 1. The highest BCUT2D eigenvalue weighted by atomic mass is 31.2. The Kier molecular flexibility index (Phi) is 11.3. The van der Waals surface area contributed by atoms with Gasteiger partial charge in [-0.25, -0.2) is 14.2 Å². The van der Waals surface area contributed by atoms with Crippen molar-refractivity contribution in [2.75, 3.05) is 19.8 Å². The van der Waals surface area contributed by atoms with E-state index < -0.39 is 25.9 Å². The molecule has 0 saturated heterocycles. The molecular formula is C18H29N2O8P. The maximum absolute atomic E-state index is 12.3. The molecule has 1 aromatic rings. The smallest absolute Gasteiger partial charge is 0.480 e. The van der Waals surface area contributed by atoms with Crippen LogP contribution in [0.2, 0.25) is 0 Å². The maximum atomic E-state index is 12.3. The predicted octanol–water partition coefficient (Wildman–Crippen LogP) is 3.05. The lowest BCUT2D eigenvalue weighted by molar-refractivity contribution is -0.139. The summed E-state index contributed by atoms with van der Waals surface area (Å²) in [5, 5.41) is 11.5. The lowest BCUT2D eigenvalue weighted by Gasteiger charge is -2.17. The normalized spacial score (nSPS) is 12.2. The van der Waals surface area contributed by atoms with Gasteiger partial charge in [0.2, 0.25) is 0 Å². The Labute approximate surface area is 170 Å². The minimum atomic E-state index is -3.68. The second-order valence-electron chi connectivity index (χ2n) is 5.91. The van der Waals surface area contributed by atoms with Crippen molar-refractivity contribution in [2.24, 2.45) is 5.73 Å². The lowest BCUT2D eigenvalue weighted by Crippen LogP contribution is -2.41. The fraction of sp³-hybridized carbons (Fsp3) is 0.556. The van der Waals surface area contributed by atoms with Gasteiger partial charge in [-0.05, 0) is 57.4 Å². The molecule has 0 spiro atoms. The standard InChI is InChI=1S/C18H29N2O8P/c1-3-26-29(24,27-4-2)28-15-10-8-14(9-11-15)13-25-18(23)20-16(17(21)22)7-5-6-12-19/h8-11,16H,3-7,12-13,19H2,1-2H3,(H,20,23)(H,21,22)/t16-/m0/s1. The Morgan fingerprint density at radius 2 is 1.76 bits per heavy atom. The van der Waals surface area contributed by atoms with Crippen LogP contribution in [0.25, 0.3) is 0 Å². The molecule has 0 fully saturated rings. The molecule has 0 aliphatic rings. The molecule has 1 atom stereocenters. The second kappa shape index (κ2) is 13.2. The van der Waals surface area contributed by atoms with Gasteiger partial charge < -0.3 is 25.4 Å². The number of alkyl carbamates (subject to hydrolysis) is 1. The van der Waals surface area contributed by atoms with Gasteiger partial charge in [-0.3, -0.25) is 9.05 Å². The van der Waals surface area contributed by atoms with Gasteiger partial charge in [0.1, 0.15) is 18.4 Å². The summed E-state index contributed by atoms with van der Waals surface area (Å²) in [6, 6.07) is 5.26. The van der Waals surface area contributed by atoms with E-state index >= 15 is 0 Å². The van der Waals surface area contributed by atoms with Gasteiger partial charge in [0, 0.05) is 0 Å². The first-order valence-electron chi connectivity index (χ1n) is 9.37. The average molecular weight is 432 g/mol. The topological polar surface area (TPSA) is 146 Å². The van der Waals surface area contributed by atoms with E-state index in [2.05, 4.69) is 5.32 Å². The SMILES string of the molecule is CCOP(=O)(OCC)Oc1ccc(COC(=O)N[C@@H](CCCCN)C(=O)O)cc1. The highest BCUT2D eigenvalue weighted by Gasteiger charge is 2.27. The molecule has 10 nitrogen and oxygen atoms in total. The van der Waals surface area contributed by atoms with Crippen LogP contribution >= 0.6 is 7.82 Å². The van der Waals surface area contributed by atoms with Crippen LogP contribution in [0.4, 0.5) is 4.79 Å². The van der Waals surface area contributed by atoms with E-state index in [-0.39, 0.29) is 32.0 Å². The van der Waals surface area contributed by atoms with Crippen molar-refractivity contribution >= 4 is 19.9 Å². The van der Waals surface area contributed by atoms with E-state index in [9.17, 15) is 14.2 Å². The number of hydrogen-bond acceptors (Lipinski definition) is 8. The molecule has 164 valence electrons. The summed E-state index contributed by atoms with van der Waals surface area (Å²) >= 11 is 0. The summed E-state index contributed by atoms with van der Waals surface area (Å²) in [6.07, 6.45) is 0.701. The van der Waals surface area contributed by atoms with Crippen LogP contribution in [-0.4, -0.2) is 43.0 Å². The minimum absolute atomic E-state index is 0.0736. The van der Waals surface area contributed by atoms with E-state index in [0.29, 0.717) is 24.9 Å². The number of unbranched alkanes of at least 4 members (excludes halogenated alkanes) is 1. The lowest BCUT2D eigenvalue weighted by atomic mass is 10.1. The van der Waals surface area contributed by atoms with Crippen LogP contribution in [0.5, 0.6) is 5.75 Å². The Morgan fingerprint density at radius 1 is 1.14 bits per heavy atom. The summed E-state index contributed by atoms with van der Waals surface area (Å²) < 4.78 is 32.8. The number of nitrogens with two attached hydrogens (primary N) is 1. The van der Waals surface area contributed by atoms with Crippen molar-refractivity contribution in [2.45, 2.75) is 45.8 Å². The monoisotopic (exact) mass is 432 g/mol. The first-order chi connectivity index (χ1) is 13.8. The number of hydrogen-bond donors (Lipinski definition) is 3. The number of nitrogens with one attached hydrogen (secondary N) is 1. The van der Waals surface area contributed by atoms with E-state index in [1.165, 1.54) is 12.1 Å². The number of phosphoric acid groups is 1. The van der Waals surface area contributed by atoms with Crippen molar-refractivity contribution in [3.05, 3.63) is 29.8 Å². The molecule has 1 aromatic carbocycles. The van der Waals surface area contributed by atoms with Gasteiger partial charge >= 0.3 is 19.9 Å². The van der Waals surface area contributed by atoms with Crippen LogP contribution in [0.1, 0.15) is 38.7 Å². The average Bonchev–Trinajstić information content (AvgIpc) is 2.67. The first-order valence-corrected chi connectivity index (χ1v) is 10.8. The number of carbonyl (C=O) groups is 2. The second-order valence-corrected chi connectivity index (χ2v) is 7.51. The Balaban J connectivity index is 2.55. The zero-order chi connectivity index (χ0) is 21.7. The summed E-state index contributed by atoms with van der Waals surface area (Å²) in [6.45, 7) is 4.07. The quantitative estimate of drug-likeness (QED) is 0.298. The molecule has 11 heteroatoms. The molecule has 0 bridgehead atoms. The zero-order valence-corrected chi connectivity index (χ0v) is 17.6. The van der Waals surface area contributed by atoms with E-state index in [1.807, 2.05) is 0 Å². The number of ether oxygens (including phenoxy) is 1. The summed E-state index contributed by atoms with van der Waals surface area (Å²) in [7, 11) is -3.68. The van der Waals surface area contributed by atoms with E-state index in [0.717, 1.165) is 0 Å². The molecule has 0 radical (unpaired) electrons. The van der Waals surface area contributed by atoms with Gasteiger partial charge in [-0.1, -0.05) is 12.1 Å². The number of rotatable bonds is 14. The Hall–Kier alpha value is -2.13. The largest absolute Gasteiger partial charge is 0.530 e. The van der Waals surface area contributed by atoms with Gasteiger partial charge in [0.25, 0.3) is 0 Å². The van der Waals surface area contributed by atoms with Crippen molar-refractivity contribution in [1.82, 2.24) is 5.32 Å². The van der Waals surface area contributed by atoms with Crippen molar-refractivity contribution < 1.29 is 37.6 Å². The van der Waals surface area contributed by atoms with Gasteiger partial charge in [0.15, 0.2) is 0 Å². The van der Waals surface area contributed by atoms with Gasteiger partial charge in [-0.2, -0.15) is 0 Å². The Bertz CT molecular complexity index is 673. The van der Waals surface area contributed by atoms with Crippen LogP contribution < -0.4 is 15.6 Å². The highest BCUT2D eigenvalue weighted by Crippen LogP contribution is 2.49. The number of phosphoric ester groups is 1. The Morgan fingerprint density at radius 3 is 2.28 bits per heavy atom. The third kappa shape index (κ3) is 9.76. The number of carboxylic acids is 1. The fourth-order valence-corrected chi connectivity index (χ4v) is 3.46. The number of aliphatic carboxylic acids is 1.